The molecule has 0 bridgehead atoms. The lowest BCUT2D eigenvalue weighted by Gasteiger charge is -2.36. The van der Waals surface area contributed by atoms with E-state index in [0.29, 0.717) is 34.9 Å². The van der Waals surface area contributed by atoms with Crippen LogP contribution in [0, 0.1) is 24.6 Å². The predicted molar refractivity (Wildman–Crippen MR) is 112 cm³/mol. The molecule has 3 fully saturated rings. The molecule has 2 aromatic rings. The number of nitrogens with one attached hydrogen (secondary N) is 1. The molecule has 3 saturated heterocycles. The van der Waals surface area contributed by atoms with Crippen LogP contribution in [-0.4, -0.2) is 35.2 Å². The van der Waals surface area contributed by atoms with Crippen molar-refractivity contribution < 1.29 is 18.8 Å². The first kappa shape index (κ1) is 19.0. The Morgan fingerprint density at radius 2 is 1.94 bits per heavy atom. The van der Waals surface area contributed by atoms with Crippen LogP contribution >= 0.6 is 11.6 Å². The van der Waals surface area contributed by atoms with E-state index in [-0.39, 0.29) is 17.9 Å². The SMILES string of the molecule is Cc1ccc(Cl)cc1N1C(=O)[C@@H]2[C@H]3CCCN3[C@@]3(C(=O)Nc4ccc(F)cc43)[C@@H]2C1=O. The van der Waals surface area contributed by atoms with Crippen molar-refractivity contribution in [2.24, 2.45) is 11.8 Å². The van der Waals surface area contributed by atoms with Gasteiger partial charge in [0, 0.05) is 22.3 Å². The van der Waals surface area contributed by atoms with Crippen molar-refractivity contribution in [3.05, 3.63) is 58.4 Å². The van der Waals surface area contributed by atoms with Gasteiger partial charge in [0.25, 0.3) is 0 Å². The fraction of sp³-hybridized carbons (Fsp3) is 0.348. The van der Waals surface area contributed by atoms with Crippen LogP contribution in [0.15, 0.2) is 36.4 Å². The van der Waals surface area contributed by atoms with Gasteiger partial charge in [-0.25, -0.2) is 9.29 Å². The van der Waals surface area contributed by atoms with Gasteiger partial charge >= 0.3 is 0 Å². The molecule has 4 atom stereocenters. The molecule has 2 aromatic carbocycles. The summed E-state index contributed by atoms with van der Waals surface area (Å²) >= 11 is 6.17. The Morgan fingerprint density at radius 3 is 2.74 bits per heavy atom. The van der Waals surface area contributed by atoms with E-state index in [4.69, 9.17) is 11.6 Å². The molecule has 6 rings (SSSR count). The molecule has 6 nitrogen and oxygen atoms in total. The fourth-order valence-corrected chi connectivity index (χ4v) is 6.40. The molecule has 4 aliphatic rings. The van der Waals surface area contributed by atoms with Crippen molar-refractivity contribution in [2.45, 2.75) is 31.3 Å². The Hall–Kier alpha value is -2.77. The topological polar surface area (TPSA) is 69.7 Å². The summed E-state index contributed by atoms with van der Waals surface area (Å²) in [6, 6.07) is 8.97. The lowest BCUT2D eigenvalue weighted by atomic mass is 9.75. The van der Waals surface area contributed by atoms with E-state index >= 15 is 0 Å². The van der Waals surface area contributed by atoms with E-state index in [1.165, 1.54) is 23.1 Å². The fourth-order valence-electron chi connectivity index (χ4n) is 6.24. The van der Waals surface area contributed by atoms with Gasteiger partial charge < -0.3 is 5.32 Å². The second-order valence-electron chi connectivity index (χ2n) is 8.76. The summed E-state index contributed by atoms with van der Waals surface area (Å²) in [4.78, 5) is 44.2. The normalized spacial score (nSPS) is 31.4. The van der Waals surface area contributed by atoms with Crippen LogP contribution in [0.3, 0.4) is 0 Å². The number of aryl methyl sites for hydroxylation is 1. The van der Waals surface area contributed by atoms with Gasteiger partial charge in [-0.05, 0) is 62.2 Å². The Labute approximate surface area is 183 Å². The van der Waals surface area contributed by atoms with Gasteiger partial charge in [0.1, 0.15) is 11.4 Å². The number of halogens is 2. The number of amides is 3. The zero-order valence-corrected chi connectivity index (χ0v) is 17.4. The number of benzene rings is 2. The highest BCUT2D eigenvalue weighted by molar-refractivity contribution is 6.32. The lowest BCUT2D eigenvalue weighted by Crippen LogP contribution is -2.54. The van der Waals surface area contributed by atoms with Crippen molar-refractivity contribution in [3.8, 4) is 0 Å². The second-order valence-corrected chi connectivity index (χ2v) is 9.20. The van der Waals surface area contributed by atoms with Crippen LogP contribution in [0.2, 0.25) is 5.02 Å². The number of nitrogens with zero attached hydrogens (tertiary/aromatic N) is 2. The number of anilines is 2. The van der Waals surface area contributed by atoms with Crippen molar-refractivity contribution in [1.82, 2.24) is 4.90 Å². The first-order valence-corrected chi connectivity index (χ1v) is 10.8. The van der Waals surface area contributed by atoms with Crippen LogP contribution in [0.1, 0.15) is 24.0 Å². The zero-order chi connectivity index (χ0) is 21.7. The number of hydrogen-bond donors (Lipinski definition) is 1. The van der Waals surface area contributed by atoms with Gasteiger partial charge in [-0.3, -0.25) is 19.3 Å². The molecule has 1 N–H and O–H groups in total. The number of imide groups is 1. The van der Waals surface area contributed by atoms with Gasteiger partial charge in [0.2, 0.25) is 17.7 Å². The predicted octanol–water partition coefficient (Wildman–Crippen LogP) is 3.22. The minimum atomic E-state index is -1.38. The molecule has 0 aromatic heterocycles. The number of carbonyl (C=O) groups is 3. The largest absolute Gasteiger partial charge is 0.324 e. The van der Waals surface area contributed by atoms with Crippen molar-refractivity contribution >= 4 is 40.7 Å². The lowest BCUT2D eigenvalue weighted by molar-refractivity contribution is -0.135. The summed E-state index contributed by atoms with van der Waals surface area (Å²) in [6.45, 7) is 2.39. The van der Waals surface area contributed by atoms with Crippen molar-refractivity contribution in [1.29, 1.82) is 0 Å². The van der Waals surface area contributed by atoms with E-state index in [1.54, 1.807) is 18.2 Å². The molecule has 158 valence electrons. The number of fused-ring (bicyclic) bond motifs is 7. The maximum Gasteiger partial charge on any atom is 0.250 e. The Morgan fingerprint density at radius 1 is 1.13 bits per heavy atom. The summed E-state index contributed by atoms with van der Waals surface area (Å²) in [5.74, 6) is -3.15. The molecule has 4 aliphatic heterocycles. The third kappa shape index (κ3) is 2.18. The minimum absolute atomic E-state index is 0.245. The first-order chi connectivity index (χ1) is 14.9. The molecule has 0 saturated carbocycles. The van der Waals surface area contributed by atoms with E-state index in [9.17, 15) is 18.8 Å². The third-order valence-corrected chi connectivity index (χ3v) is 7.60. The van der Waals surface area contributed by atoms with E-state index in [0.717, 1.165) is 12.0 Å². The van der Waals surface area contributed by atoms with Crippen LogP contribution in [0.4, 0.5) is 15.8 Å². The van der Waals surface area contributed by atoms with Gasteiger partial charge in [0.15, 0.2) is 0 Å². The van der Waals surface area contributed by atoms with E-state index in [1.807, 2.05) is 11.8 Å². The third-order valence-electron chi connectivity index (χ3n) is 7.37. The monoisotopic (exact) mass is 439 g/mol. The maximum absolute atomic E-state index is 14.3. The minimum Gasteiger partial charge on any atom is -0.324 e. The smallest absolute Gasteiger partial charge is 0.250 e. The molecule has 8 heteroatoms. The molecule has 3 amide bonds. The van der Waals surface area contributed by atoms with E-state index < -0.39 is 29.1 Å². The Kier molecular flexibility index (Phi) is 3.76. The van der Waals surface area contributed by atoms with Crippen molar-refractivity contribution in [2.75, 3.05) is 16.8 Å². The van der Waals surface area contributed by atoms with Crippen LogP contribution < -0.4 is 10.2 Å². The Balaban J connectivity index is 1.58. The molecule has 0 unspecified atom stereocenters. The Bertz CT molecular complexity index is 1200. The first-order valence-electron chi connectivity index (χ1n) is 10.4. The zero-order valence-electron chi connectivity index (χ0n) is 16.7. The molecule has 1 spiro atoms. The standard InChI is InChI=1S/C23H19ClFN3O3/c1-11-4-5-12(24)9-17(11)28-20(29)18-16-3-2-8-27(16)23(19(18)21(28)30)14-10-13(25)6-7-15(14)26-22(23)31/h4-7,9-10,16,18-19H,2-3,8H2,1H3,(H,26,31)/t16-,18-,19+,23-/m1/s1. The second kappa shape index (κ2) is 6.14. The van der Waals surface area contributed by atoms with Crippen molar-refractivity contribution in [3.63, 3.8) is 0 Å². The highest BCUT2D eigenvalue weighted by Crippen LogP contribution is 2.60. The number of hydrogen-bond acceptors (Lipinski definition) is 4. The molecule has 4 heterocycles. The maximum atomic E-state index is 14.3. The molecule has 0 radical (unpaired) electrons. The highest BCUT2D eigenvalue weighted by Gasteiger charge is 2.74. The van der Waals surface area contributed by atoms with Gasteiger partial charge in [0.05, 0.1) is 17.5 Å². The average molecular weight is 440 g/mol. The summed E-state index contributed by atoms with van der Waals surface area (Å²) in [5, 5.41) is 3.26. The number of carbonyl (C=O) groups excluding carboxylic acids is 3. The summed E-state index contributed by atoms with van der Waals surface area (Å²) in [7, 11) is 0. The average Bonchev–Trinajstić information content (AvgIpc) is 3.43. The van der Waals surface area contributed by atoms with Gasteiger partial charge in [-0.1, -0.05) is 17.7 Å². The number of rotatable bonds is 1. The molecular formula is C23H19ClFN3O3. The quantitative estimate of drug-likeness (QED) is 0.693. The summed E-state index contributed by atoms with van der Waals surface area (Å²) in [6.07, 6.45) is 1.52. The summed E-state index contributed by atoms with van der Waals surface area (Å²) < 4.78 is 14.3. The highest BCUT2D eigenvalue weighted by atomic mass is 35.5. The molecule has 31 heavy (non-hydrogen) atoms. The summed E-state index contributed by atoms with van der Waals surface area (Å²) in [5.41, 5.74) is 0.746. The molecule has 0 aliphatic carbocycles. The molecular weight excluding hydrogens is 421 g/mol. The van der Waals surface area contributed by atoms with Gasteiger partial charge in [-0.15, -0.1) is 0 Å². The van der Waals surface area contributed by atoms with Crippen LogP contribution in [0.25, 0.3) is 0 Å². The van der Waals surface area contributed by atoms with Crippen LogP contribution in [0.5, 0.6) is 0 Å². The van der Waals surface area contributed by atoms with E-state index in [2.05, 4.69) is 5.32 Å². The van der Waals surface area contributed by atoms with Crippen LogP contribution in [-0.2, 0) is 19.9 Å². The van der Waals surface area contributed by atoms with Gasteiger partial charge in [-0.2, -0.15) is 0 Å².